The summed E-state index contributed by atoms with van der Waals surface area (Å²) in [5.74, 6) is 0. The van der Waals surface area contributed by atoms with Gasteiger partial charge in [-0.2, -0.15) is 0 Å². The van der Waals surface area contributed by atoms with E-state index >= 15 is 0 Å². The third-order valence-electron chi connectivity index (χ3n) is 3.74. The third kappa shape index (κ3) is 6.01. The first-order valence-electron chi connectivity index (χ1n) is 7.58. The number of likely N-dealkylation sites (N-methyl/N-ethyl adjacent to an activating group) is 1. The molecule has 20 heavy (non-hydrogen) atoms. The van der Waals surface area contributed by atoms with E-state index in [4.69, 9.17) is 4.74 Å². The van der Waals surface area contributed by atoms with Crippen molar-refractivity contribution in [2.75, 3.05) is 59.5 Å². The highest BCUT2D eigenvalue weighted by Crippen LogP contribution is 2.00. The van der Waals surface area contributed by atoms with Crippen LogP contribution in [0.1, 0.15) is 5.56 Å². The molecule has 0 aromatic heterocycles. The zero-order chi connectivity index (χ0) is 14.0. The predicted molar refractivity (Wildman–Crippen MR) is 82.9 cm³/mol. The van der Waals surface area contributed by atoms with Crippen LogP contribution in [0.3, 0.4) is 0 Å². The van der Waals surface area contributed by atoms with Crippen molar-refractivity contribution in [2.24, 2.45) is 0 Å². The predicted octanol–water partition coefficient (Wildman–Crippen LogP) is 1.04. The van der Waals surface area contributed by atoms with E-state index in [-0.39, 0.29) is 0 Å². The summed E-state index contributed by atoms with van der Waals surface area (Å²) < 4.78 is 5.72. The Morgan fingerprint density at radius 1 is 1.15 bits per heavy atom. The summed E-state index contributed by atoms with van der Waals surface area (Å²) in [6.45, 7) is 9.41. The third-order valence-corrected chi connectivity index (χ3v) is 3.74. The van der Waals surface area contributed by atoms with Crippen molar-refractivity contribution in [1.82, 2.24) is 15.1 Å². The molecule has 0 atom stereocenters. The van der Waals surface area contributed by atoms with E-state index in [9.17, 15) is 0 Å². The van der Waals surface area contributed by atoms with Gasteiger partial charge in [0.1, 0.15) is 0 Å². The van der Waals surface area contributed by atoms with E-state index in [1.165, 1.54) is 18.7 Å². The van der Waals surface area contributed by atoms with E-state index < -0.39 is 0 Å². The van der Waals surface area contributed by atoms with Crippen LogP contribution in [-0.2, 0) is 11.3 Å². The average Bonchev–Trinajstić information content (AvgIpc) is 2.52. The van der Waals surface area contributed by atoms with Crippen molar-refractivity contribution < 1.29 is 4.74 Å². The number of hydrogen-bond acceptors (Lipinski definition) is 4. The fourth-order valence-corrected chi connectivity index (χ4v) is 2.34. The molecule has 0 unspecified atom stereocenters. The highest BCUT2D eigenvalue weighted by molar-refractivity contribution is 5.13. The Kier molecular flexibility index (Phi) is 7.01. The molecular formula is C16H27N3O. The van der Waals surface area contributed by atoms with Gasteiger partial charge in [-0.05, 0) is 12.6 Å². The van der Waals surface area contributed by atoms with Crippen LogP contribution in [0, 0.1) is 0 Å². The summed E-state index contributed by atoms with van der Waals surface area (Å²) in [7, 11) is 2.17. The minimum absolute atomic E-state index is 0.715. The molecule has 1 fully saturated rings. The average molecular weight is 277 g/mol. The Bertz CT molecular complexity index is 352. The number of benzene rings is 1. The molecule has 1 aliphatic heterocycles. The minimum atomic E-state index is 0.715. The highest BCUT2D eigenvalue weighted by Gasteiger charge is 2.09. The lowest BCUT2D eigenvalue weighted by Crippen LogP contribution is -2.46. The van der Waals surface area contributed by atoms with Gasteiger partial charge in [0.05, 0.1) is 13.2 Å². The summed E-state index contributed by atoms with van der Waals surface area (Å²) >= 11 is 0. The monoisotopic (exact) mass is 277 g/mol. The topological polar surface area (TPSA) is 27.7 Å². The van der Waals surface area contributed by atoms with Gasteiger partial charge < -0.3 is 15.0 Å². The number of ether oxygens (including phenoxy) is 1. The molecule has 1 N–H and O–H groups in total. The second-order valence-electron chi connectivity index (χ2n) is 5.43. The summed E-state index contributed by atoms with van der Waals surface area (Å²) in [6.07, 6.45) is 0. The van der Waals surface area contributed by atoms with E-state index in [0.717, 1.165) is 39.3 Å². The summed E-state index contributed by atoms with van der Waals surface area (Å²) in [4.78, 5) is 4.88. The normalized spacial score (nSPS) is 16.7. The van der Waals surface area contributed by atoms with Crippen LogP contribution in [0.2, 0.25) is 0 Å². The standard InChI is InChI=1S/C16H27N3O/c1-18(11-12-19-9-7-17-8-10-19)13-14-20-15-16-5-3-2-4-6-16/h2-6,17H,7-15H2,1H3. The Hall–Kier alpha value is -0.940. The van der Waals surface area contributed by atoms with Gasteiger partial charge in [0.2, 0.25) is 0 Å². The molecule has 1 heterocycles. The first kappa shape index (κ1) is 15.4. The van der Waals surface area contributed by atoms with Crippen LogP contribution < -0.4 is 5.32 Å². The molecule has 2 rings (SSSR count). The van der Waals surface area contributed by atoms with E-state index in [1.807, 2.05) is 6.07 Å². The Morgan fingerprint density at radius 3 is 2.65 bits per heavy atom. The maximum Gasteiger partial charge on any atom is 0.0717 e. The second kappa shape index (κ2) is 9.08. The van der Waals surface area contributed by atoms with Crippen LogP contribution in [-0.4, -0.2) is 69.3 Å². The zero-order valence-electron chi connectivity index (χ0n) is 12.6. The van der Waals surface area contributed by atoms with Crippen LogP contribution in [0.4, 0.5) is 0 Å². The lowest BCUT2D eigenvalue weighted by Gasteiger charge is -2.29. The van der Waals surface area contributed by atoms with Gasteiger partial charge in [-0.3, -0.25) is 4.90 Å². The van der Waals surface area contributed by atoms with Gasteiger partial charge in [-0.15, -0.1) is 0 Å². The van der Waals surface area contributed by atoms with Gasteiger partial charge >= 0.3 is 0 Å². The smallest absolute Gasteiger partial charge is 0.0717 e. The summed E-state index contributed by atoms with van der Waals surface area (Å²) in [5.41, 5.74) is 1.25. The molecule has 1 aromatic rings. The molecule has 1 saturated heterocycles. The molecule has 1 aliphatic rings. The van der Waals surface area contributed by atoms with Crippen molar-refractivity contribution in [3.8, 4) is 0 Å². The maximum absolute atomic E-state index is 5.72. The number of piperazine rings is 1. The fourth-order valence-electron chi connectivity index (χ4n) is 2.34. The summed E-state index contributed by atoms with van der Waals surface area (Å²) in [6, 6.07) is 10.4. The fraction of sp³-hybridized carbons (Fsp3) is 0.625. The van der Waals surface area contributed by atoms with Gasteiger partial charge in [-0.1, -0.05) is 30.3 Å². The van der Waals surface area contributed by atoms with Gasteiger partial charge in [0, 0.05) is 45.8 Å². The molecule has 4 nitrogen and oxygen atoms in total. The van der Waals surface area contributed by atoms with Gasteiger partial charge in [0.25, 0.3) is 0 Å². The van der Waals surface area contributed by atoms with Crippen molar-refractivity contribution >= 4 is 0 Å². The molecule has 0 saturated carbocycles. The Balaban J connectivity index is 1.50. The second-order valence-corrected chi connectivity index (χ2v) is 5.43. The zero-order valence-corrected chi connectivity index (χ0v) is 12.6. The lowest BCUT2D eigenvalue weighted by molar-refractivity contribution is 0.0954. The lowest BCUT2D eigenvalue weighted by atomic mass is 10.2. The molecule has 112 valence electrons. The van der Waals surface area contributed by atoms with E-state index in [2.05, 4.69) is 46.4 Å². The van der Waals surface area contributed by atoms with Crippen LogP contribution in [0.5, 0.6) is 0 Å². The molecule has 0 radical (unpaired) electrons. The number of nitrogens with one attached hydrogen (secondary N) is 1. The first-order valence-corrected chi connectivity index (χ1v) is 7.58. The maximum atomic E-state index is 5.72. The number of hydrogen-bond donors (Lipinski definition) is 1. The van der Waals surface area contributed by atoms with Crippen LogP contribution >= 0.6 is 0 Å². The molecule has 0 bridgehead atoms. The Morgan fingerprint density at radius 2 is 1.90 bits per heavy atom. The van der Waals surface area contributed by atoms with Crippen molar-refractivity contribution in [1.29, 1.82) is 0 Å². The van der Waals surface area contributed by atoms with Crippen molar-refractivity contribution in [3.05, 3.63) is 35.9 Å². The van der Waals surface area contributed by atoms with Gasteiger partial charge in [-0.25, -0.2) is 0 Å². The van der Waals surface area contributed by atoms with E-state index in [0.29, 0.717) is 6.61 Å². The molecule has 0 amide bonds. The van der Waals surface area contributed by atoms with Crippen molar-refractivity contribution in [2.45, 2.75) is 6.61 Å². The van der Waals surface area contributed by atoms with E-state index in [1.54, 1.807) is 0 Å². The summed E-state index contributed by atoms with van der Waals surface area (Å²) in [5, 5.41) is 3.38. The first-order chi connectivity index (χ1) is 9.84. The molecular weight excluding hydrogens is 250 g/mol. The molecule has 1 aromatic carbocycles. The van der Waals surface area contributed by atoms with Crippen molar-refractivity contribution in [3.63, 3.8) is 0 Å². The minimum Gasteiger partial charge on any atom is -0.375 e. The largest absolute Gasteiger partial charge is 0.375 e. The molecule has 0 spiro atoms. The molecule has 0 aliphatic carbocycles. The number of rotatable bonds is 8. The SMILES string of the molecule is CN(CCOCc1ccccc1)CCN1CCNCC1. The van der Waals surface area contributed by atoms with Gasteiger partial charge in [0.15, 0.2) is 0 Å². The highest BCUT2D eigenvalue weighted by atomic mass is 16.5. The molecule has 4 heteroatoms. The van der Waals surface area contributed by atoms with Crippen LogP contribution in [0.25, 0.3) is 0 Å². The quantitative estimate of drug-likeness (QED) is 0.719. The Labute approximate surface area is 122 Å². The van der Waals surface area contributed by atoms with Crippen LogP contribution in [0.15, 0.2) is 30.3 Å². The number of nitrogens with zero attached hydrogens (tertiary/aromatic N) is 2.